The first kappa shape index (κ1) is 33.1. The number of aliphatic hydroxyl groups excluding tert-OH is 2. The third-order valence-corrected chi connectivity index (χ3v) is 8.80. The van der Waals surface area contributed by atoms with Gasteiger partial charge in [0.15, 0.2) is 0 Å². The summed E-state index contributed by atoms with van der Waals surface area (Å²) in [5.41, 5.74) is -1.30. The molecule has 0 unspecified atom stereocenters. The van der Waals surface area contributed by atoms with Crippen LogP contribution < -0.4 is 16.0 Å². The molecule has 0 saturated carbocycles. The van der Waals surface area contributed by atoms with Crippen LogP contribution in [0.25, 0.3) is 0 Å². The molecule has 48 heavy (non-hydrogen) atoms. The van der Waals surface area contributed by atoms with E-state index in [-0.39, 0.29) is 18.8 Å². The molecule has 6 rings (SSSR count). The summed E-state index contributed by atoms with van der Waals surface area (Å²) in [5.74, 6) is 0.650. The zero-order valence-corrected chi connectivity index (χ0v) is 26.7. The second kappa shape index (κ2) is 14.1. The van der Waals surface area contributed by atoms with Gasteiger partial charge in [-0.3, -0.25) is 14.3 Å². The van der Waals surface area contributed by atoms with E-state index in [0.29, 0.717) is 5.75 Å². The van der Waals surface area contributed by atoms with Gasteiger partial charge in [-0.15, -0.1) is 0 Å². The average Bonchev–Trinajstić information content (AvgIpc) is 3.37. The van der Waals surface area contributed by atoms with Gasteiger partial charge in [-0.05, 0) is 41.3 Å². The molecule has 0 aliphatic carbocycles. The van der Waals surface area contributed by atoms with E-state index < -0.39 is 47.5 Å². The summed E-state index contributed by atoms with van der Waals surface area (Å²) in [5, 5.41) is 23.2. The Morgan fingerprint density at radius 2 is 1.40 bits per heavy atom. The number of benzene rings is 4. The first-order valence-electron chi connectivity index (χ1n) is 15.7. The molecule has 1 saturated heterocycles. The Labute approximate surface area is 277 Å². The lowest BCUT2D eigenvalue weighted by Gasteiger charge is -2.41. The van der Waals surface area contributed by atoms with Gasteiger partial charge in [0, 0.05) is 11.8 Å². The average molecular weight is 651 g/mol. The predicted octanol–water partition coefficient (Wildman–Crippen LogP) is 3.85. The van der Waals surface area contributed by atoms with Gasteiger partial charge in [-0.25, -0.2) is 4.79 Å². The molecular weight excluding hydrogens is 612 g/mol. The van der Waals surface area contributed by atoms with Gasteiger partial charge in [0.05, 0.1) is 26.9 Å². The highest BCUT2D eigenvalue weighted by atomic mass is 16.6. The highest BCUT2D eigenvalue weighted by molar-refractivity contribution is 5.48. The number of aromatic nitrogens is 2. The molecule has 10 nitrogen and oxygen atoms in total. The second-order valence-electron chi connectivity index (χ2n) is 11.8. The van der Waals surface area contributed by atoms with Crippen molar-refractivity contribution in [1.29, 1.82) is 0 Å². The molecule has 10 heteroatoms. The van der Waals surface area contributed by atoms with Crippen LogP contribution in [0.3, 0.4) is 0 Å². The van der Waals surface area contributed by atoms with Crippen LogP contribution >= 0.6 is 0 Å². The number of aromatic amines is 1. The lowest BCUT2D eigenvalue weighted by atomic mass is 9.80. The van der Waals surface area contributed by atoms with Gasteiger partial charge in [0.1, 0.15) is 29.7 Å². The van der Waals surface area contributed by atoms with Crippen molar-refractivity contribution in [3.63, 3.8) is 0 Å². The van der Waals surface area contributed by atoms with Crippen LogP contribution in [-0.4, -0.2) is 58.4 Å². The number of hydrogen-bond acceptors (Lipinski definition) is 8. The van der Waals surface area contributed by atoms with Crippen molar-refractivity contribution in [1.82, 2.24) is 9.55 Å². The molecular formula is C38H38N2O8. The molecule has 1 aromatic heterocycles. The van der Waals surface area contributed by atoms with Gasteiger partial charge >= 0.3 is 5.69 Å². The van der Waals surface area contributed by atoms with Crippen molar-refractivity contribution in [2.24, 2.45) is 0 Å². The van der Waals surface area contributed by atoms with E-state index in [1.807, 2.05) is 115 Å². The van der Waals surface area contributed by atoms with E-state index in [9.17, 15) is 19.8 Å². The summed E-state index contributed by atoms with van der Waals surface area (Å²) in [4.78, 5) is 28.2. The Morgan fingerprint density at radius 1 is 0.833 bits per heavy atom. The molecule has 0 bridgehead atoms. The van der Waals surface area contributed by atoms with E-state index in [0.717, 1.165) is 26.8 Å². The van der Waals surface area contributed by atoms with Crippen LogP contribution in [0.2, 0.25) is 0 Å². The normalized spacial score (nSPS) is 20.9. The van der Waals surface area contributed by atoms with Gasteiger partial charge in [-0.2, -0.15) is 0 Å². The number of aliphatic hydroxyl groups is 2. The van der Waals surface area contributed by atoms with Crippen molar-refractivity contribution in [3.8, 4) is 5.75 Å². The number of aryl methyl sites for hydroxylation is 1. The fourth-order valence-electron chi connectivity index (χ4n) is 6.24. The monoisotopic (exact) mass is 650 g/mol. The van der Waals surface area contributed by atoms with Crippen molar-refractivity contribution in [3.05, 3.63) is 170 Å². The molecule has 0 amide bonds. The third kappa shape index (κ3) is 6.24. The number of hydrogen-bond donors (Lipinski definition) is 3. The summed E-state index contributed by atoms with van der Waals surface area (Å²) >= 11 is 0. The topological polar surface area (TPSA) is 132 Å². The quantitative estimate of drug-likeness (QED) is 0.174. The van der Waals surface area contributed by atoms with Gasteiger partial charge in [0.25, 0.3) is 5.56 Å². The van der Waals surface area contributed by atoms with Crippen LogP contribution in [0.4, 0.5) is 0 Å². The number of nitrogens with one attached hydrogen (secondary N) is 1. The second-order valence-corrected chi connectivity index (χ2v) is 11.8. The number of ether oxygens (including phenoxy) is 4. The number of rotatable bonds is 12. The lowest BCUT2D eigenvalue weighted by Crippen LogP contribution is -2.56. The Morgan fingerprint density at radius 3 is 1.98 bits per heavy atom. The summed E-state index contributed by atoms with van der Waals surface area (Å²) in [6, 6.07) is 36.1. The molecule has 0 spiro atoms. The van der Waals surface area contributed by atoms with E-state index in [4.69, 9.17) is 18.9 Å². The fourth-order valence-corrected chi connectivity index (χ4v) is 6.24. The van der Waals surface area contributed by atoms with Crippen LogP contribution in [0.5, 0.6) is 5.75 Å². The lowest BCUT2D eigenvalue weighted by molar-refractivity contribution is -0.203. The minimum Gasteiger partial charge on any atom is -0.497 e. The highest BCUT2D eigenvalue weighted by Gasteiger charge is 2.58. The standard InChI is InChI=1S/C38H38N2O8/c1-26-22-40(36(44)39-35(26)43)37(34(42)33(41)32(48-37)24-46-23-27-12-6-3-7-13-27)25-47-38(28-14-8-4-9-15-28,29-16-10-5-11-17-29)30-18-20-31(45-2)21-19-30/h3-22,32-34,41-42H,23-25H2,1-2H3,(H,39,43,44)/t32-,33-,34-,37-/m1/s1. The van der Waals surface area contributed by atoms with E-state index in [1.54, 1.807) is 7.11 Å². The molecule has 3 N–H and O–H groups in total. The minimum absolute atomic E-state index is 0.0903. The predicted molar refractivity (Wildman–Crippen MR) is 179 cm³/mol. The fraction of sp³-hybridized carbons (Fsp3) is 0.263. The molecule has 248 valence electrons. The molecule has 4 atom stereocenters. The SMILES string of the molecule is COc1ccc(C(OC[C@@]2(n3cc(C)c(=O)[nH]c3=O)O[C@H](COCc3ccccc3)[C@@H](O)[C@H]2O)(c2ccccc2)c2ccccc2)cc1. The Hall–Kier alpha value is -4.84. The third-order valence-electron chi connectivity index (χ3n) is 8.80. The van der Waals surface area contributed by atoms with Crippen molar-refractivity contribution < 1.29 is 29.2 Å². The largest absolute Gasteiger partial charge is 0.497 e. The molecule has 5 aromatic rings. The number of H-pyrrole nitrogens is 1. The zero-order valence-electron chi connectivity index (χ0n) is 26.7. The number of methoxy groups -OCH3 is 1. The summed E-state index contributed by atoms with van der Waals surface area (Å²) < 4.78 is 26.0. The minimum atomic E-state index is -1.98. The first-order chi connectivity index (χ1) is 23.3. The van der Waals surface area contributed by atoms with Gasteiger partial charge in [-0.1, -0.05) is 103 Å². The highest BCUT2D eigenvalue weighted by Crippen LogP contribution is 2.44. The first-order valence-corrected chi connectivity index (χ1v) is 15.7. The Bertz CT molecular complexity index is 1870. The van der Waals surface area contributed by atoms with Crippen LogP contribution in [-0.2, 0) is 32.1 Å². The maximum Gasteiger partial charge on any atom is 0.330 e. The molecule has 1 aliphatic rings. The summed E-state index contributed by atoms with van der Waals surface area (Å²) in [6.07, 6.45) is -2.86. The molecule has 1 fully saturated rings. The summed E-state index contributed by atoms with van der Waals surface area (Å²) in [6.45, 7) is 1.26. The maximum absolute atomic E-state index is 13.5. The molecule has 1 aliphatic heterocycles. The van der Waals surface area contributed by atoms with Gasteiger partial charge < -0.3 is 29.2 Å². The van der Waals surface area contributed by atoms with Crippen molar-refractivity contribution >= 4 is 0 Å². The van der Waals surface area contributed by atoms with E-state index >= 15 is 0 Å². The van der Waals surface area contributed by atoms with Crippen LogP contribution in [0.15, 0.2) is 131 Å². The zero-order chi connectivity index (χ0) is 33.7. The van der Waals surface area contributed by atoms with Crippen molar-refractivity contribution in [2.45, 2.75) is 43.2 Å². The molecule has 2 heterocycles. The van der Waals surface area contributed by atoms with Crippen LogP contribution in [0.1, 0.15) is 27.8 Å². The number of nitrogens with zero attached hydrogens (tertiary/aromatic N) is 1. The van der Waals surface area contributed by atoms with E-state index in [1.165, 1.54) is 13.1 Å². The van der Waals surface area contributed by atoms with E-state index in [2.05, 4.69) is 4.98 Å². The van der Waals surface area contributed by atoms with Gasteiger partial charge in [0.2, 0.25) is 5.72 Å². The molecule has 4 aromatic carbocycles. The Balaban J connectivity index is 1.46. The Kier molecular flexibility index (Phi) is 9.72. The van der Waals surface area contributed by atoms with Crippen LogP contribution in [0, 0.1) is 6.92 Å². The smallest absolute Gasteiger partial charge is 0.330 e. The molecule has 0 radical (unpaired) electrons. The summed E-state index contributed by atoms with van der Waals surface area (Å²) in [7, 11) is 1.59. The van der Waals surface area contributed by atoms with Crippen molar-refractivity contribution in [2.75, 3.05) is 20.3 Å². The maximum atomic E-state index is 13.5.